The predicted octanol–water partition coefficient (Wildman–Crippen LogP) is 3.68. The van der Waals surface area contributed by atoms with Gasteiger partial charge in [0.2, 0.25) is 21.8 Å². The van der Waals surface area contributed by atoms with Crippen LogP contribution in [0.1, 0.15) is 36.3 Å². The molecule has 1 aliphatic heterocycles. The number of ether oxygens (including phenoxy) is 2. The Balaban J connectivity index is 1.83. The van der Waals surface area contributed by atoms with E-state index in [0.29, 0.717) is 17.8 Å². The summed E-state index contributed by atoms with van der Waals surface area (Å²) in [5, 5.41) is 16.6. The Morgan fingerprint density at radius 3 is 2.47 bits per heavy atom. The molecule has 12 heteroatoms. The molecule has 1 aliphatic rings. The number of hydrogen-bond donors (Lipinski definition) is 2. The molecule has 0 spiro atoms. The fourth-order valence-corrected chi connectivity index (χ4v) is 5.45. The topological polar surface area (TPSA) is 140 Å². The summed E-state index contributed by atoms with van der Waals surface area (Å²) in [6.45, 7) is 6.04. The van der Waals surface area contributed by atoms with Crippen molar-refractivity contribution in [1.29, 1.82) is 0 Å². The quantitative estimate of drug-likeness (QED) is 0.417. The van der Waals surface area contributed by atoms with E-state index in [1.54, 1.807) is 50.2 Å². The fraction of sp³-hybridized carbons (Fsp3) is 0.346. The molecule has 1 saturated heterocycles. The SMILES string of the molecule is CC[C@H](C)C(=O)Nc1ccc(Oc2c(C)c(C(=O)O)nn2-c2ccccc2)c(S(=O)(=O)N2CCOCC2)c1. The number of carbonyl (C=O) groups excluding carboxylic acids is 1. The number of carboxylic acid groups (broad SMARTS) is 1. The second-order valence-corrected chi connectivity index (χ2v) is 10.8. The van der Waals surface area contributed by atoms with Crippen LogP contribution in [0, 0.1) is 12.8 Å². The van der Waals surface area contributed by atoms with Crippen molar-refractivity contribution in [2.45, 2.75) is 32.1 Å². The van der Waals surface area contributed by atoms with Gasteiger partial charge in [-0.3, -0.25) is 4.79 Å². The number of benzene rings is 2. The highest BCUT2D eigenvalue weighted by molar-refractivity contribution is 7.89. The molecule has 0 bridgehead atoms. The maximum atomic E-state index is 13.7. The lowest BCUT2D eigenvalue weighted by Gasteiger charge is -2.27. The van der Waals surface area contributed by atoms with E-state index in [1.807, 2.05) is 6.92 Å². The van der Waals surface area contributed by atoms with Gasteiger partial charge in [0, 0.05) is 30.3 Å². The number of nitrogens with one attached hydrogen (secondary N) is 1. The molecule has 0 unspecified atom stereocenters. The summed E-state index contributed by atoms with van der Waals surface area (Å²) >= 11 is 0. The Labute approximate surface area is 221 Å². The molecule has 0 saturated carbocycles. The van der Waals surface area contributed by atoms with Gasteiger partial charge in [0.15, 0.2) is 5.69 Å². The van der Waals surface area contributed by atoms with Crippen LogP contribution >= 0.6 is 0 Å². The average molecular weight is 543 g/mol. The van der Waals surface area contributed by atoms with Crippen LogP contribution in [0.15, 0.2) is 53.4 Å². The minimum atomic E-state index is -4.07. The lowest BCUT2D eigenvalue weighted by molar-refractivity contribution is -0.119. The molecule has 1 fully saturated rings. The first-order valence-corrected chi connectivity index (χ1v) is 13.7. The highest BCUT2D eigenvalue weighted by Crippen LogP contribution is 2.36. The molecule has 1 amide bonds. The van der Waals surface area contributed by atoms with E-state index in [4.69, 9.17) is 9.47 Å². The second-order valence-electron chi connectivity index (χ2n) is 8.91. The van der Waals surface area contributed by atoms with Crippen LogP contribution in [0.3, 0.4) is 0 Å². The largest absolute Gasteiger partial charge is 0.476 e. The third-order valence-corrected chi connectivity index (χ3v) is 8.26. The zero-order valence-corrected chi connectivity index (χ0v) is 22.2. The van der Waals surface area contributed by atoms with Crippen LogP contribution in [0.2, 0.25) is 0 Å². The van der Waals surface area contributed by atoms with Gasteiger partial charge in [-0.25, -0.2) is 13.2 Å². The number of rotatable bonds is 9. The number of hydrogen-bond acceptors (Lipinski definition) is 7. The molecular weight excluding hydrogens is 512 g/mol. The van der Waals surface area contributed by atoms with Crippen molar-refractivity contribution >= 4 is 27.6 Å². The van der Waals surface area contributed by atoms with Crippen molar-refractivity contribution in [1.82, 2.24) is 14.1 Å². The highest BCUT2D eigenvalue weighted by atomic mass is 32.2. The number of aromatic nitrogens is 2. The van der Waals surface area contributed by atoms with Crippen molar-refractivity contribution in [3.05, 3.63) is 59.8 Å². The standard InChI is InChI=1S/C26H30N4O7S/c1-4-17(2)24(31)27-19-10-11-21(22(16-19)38(34,35)29-12-14-36-15-13-29)37-25-18(3)23(26(32)33)28-30(25)20-8-6-5-7-9-20/h5-11,16-17H,4,12-15H2,1-3H3,(H,27,31)(H,32,33)/t17-/m0/s1. The van der Waals surface area contributed by atoms with Crippen LogP contribution < -0.4 is 10.1 Å². The summed E-state index contributed by atoms with van der Waals surface area (Å²) in [6, 6.07) is 13.1. The zero-order valence-electron chi connectivity index (χ0n) is 21.4. The number of aromatic carboxylic acids is 1. The number of morpholine rings is 1. The van der Waals surface area contributed by atoms with E-state index < -0.39 is 16.0 Å². The van der Waals surface area contributed by atoms with Crippen LogP contribution in [-0.2, 0) is 19.6 Å². The number of anilines is 1. The van der Waals surface area contributed by atoms with Gasteiger partial charge < -0.3 is 19.9 Å². The molecule has 0 radical (unpaired) electrons. The van der Waals surface area contributed by atoms with E-state index in [-0.39, 0.29) is 65.9 Å². The maximum Gasteiger partial charge on any atom is 0.356 e. The van der Waals surface area contributed by atoms with E-state index in [1.165, 1.54) is 21.1 Å². The molecule has 1 atom stereocenters. The molecule has 4 rings (SSSR count). The number of para-hydroxylation sites is 1. The van der Waals surface area contributed by atoms with Crippen molar-refractivity contribution in [2.75, 3.05) is 31.6 Å². The summed E-state index contributed by atoms with van der Waals surface area (Å²) in [4.78, 5) is 24.2. The summed E-state index contributed by atoms with van der Waals surface area (Å²) in [5.41, 5.74) is 0.839. The normalized spacial score (nSPS) is 15.1. The van der Waals surface area contributed by atoms with Gasteiger partial charge in [-0.15, -0.1) is 0 Å². The van der Waals surface area contributed by atoms with Crippen molar-refractivity contribution in [2.24, 2.45) is 5.92 Å². The highest BCUT2D eigenvalue weighted by Gasteiger charge is 2.31. The van der Waals surface area contributed by atoms with Gasteiger partial charge in [0.05, 0.1) is 18.9 Å². The van der Waals surface area contributed by atoms with E-state index in [9.17, 15) is 23.1 Å². The summed E-state index contributed by atoms with van der Waals surface area (Å²) in [5.74, 6) is -1.72. The van der Waals surface area contributed by atoms with E-state index in [0.717, 1.165) is 0 Å². The van der Waals surface area contributed by atoms with E-state index in [2.05, 4.69) is 10.4 Å². The van der Waals surface area contributed by atoms with Crippen molar-refractivity contribution < 1.29 is 32.6 Å². The van der Waals surface area contributed by atoms with Gasteiger partial charge in [-0.2, -0.15) is 14.1 Å². The second kappa shape index (κ2) is 11.3. The molecule has 202 valence electrons. The first kappa shape index (κ1) is 27.3. The van der Waals surface area contributed by atoms with Gasteiger partial charge in [-0.1, -0.05) is 32.0 Å². The molecule has 3 aromatic rings. The number of carboxylic acids is 1. The zero-order chi connectivity index (χ0) is 27.4. The first-order valence-electron chi connectivity index (χ1n) is 12.2. The molecular formula is C26H30N4O7S. The minimum Gasteiger partial charge on any atom is -0.476 e. The number of sulfonamides is 1. The molecule has 38 heavy (non-hydrogen) atoms. The maximum absolute atomic E-state index is 13.7. The molecule has 2 heterocycles. The average Bonchev–Trinajstić information content (AvgIpc) is 3.25. The van der Waals surface area contributed by atoms with E-state index >= 15 is 0 Å². The molecule has 11 nitrogen and oxygen atoms in total. The number of nitrogens with zero attached hydrogens (tertiary/aromatic N) is 3. The van der Waals surface area contributed by atoms with Crippen LogP contribution in [0.25, 0.3) is 5.69 Å². The molecule has 0 aliphatic carbocycles. The molecule has 2 N–H and O–H groups in total. The summed E-state index contributed by atoms with van der Waals surface area (Å²) < 4.78 is 41.6. The van der Waals surface area contributed by atoms with Gasteiger partial charge >= 0.3 is 5.97 Å². The lowest BCUT2D eigenvalue weighted by Crippen LogP contribution is -2.40. The Kier molecular flexibility index (Phi) is 8.14. The molecule has 1 aromatic heterocycles. The van der Waals surface area contributed by atoms with Crippen LogP contribution in [-0.4, -0.2) is 65.8 Å². The Morgan fingerprint density at radius 2 is 1.84 bits per heavy atom. The molecule has 2 aromatic carbocycles. The predicted molar refractivity (Wildman–Crippen MR) is 139 cm³/mol. The van der Waals surface area contributed by atoms with Gasteiger partial charge in [0.1, 0.15) is 10.6 Å². The summed E-state index contributed by atoms with van der Waals surface area (Å²) in [6.07, 6.45) is 0.626. The minimum absolute atomic E-state index is 0.0323. The number of carbonyl (C=O) groups is 2. The third-order valence-electron chi connectivity index (χ3n) is 6.34. The smallest absolute Gasteiger partial charge is 0.356 e. The van der Waals surface area contributed by atoms with Crippen molar-refractivity contribution in [3.63, 3.8) is 0 Å². The third kappa shape index (κ3) is 5.57. The first-order chi connectivity index (χ1) is 18.1. The number of amides is 1. The van der Waals surface area contributed by atoms with Crippen LogP contribution in [0.5, 0.6) is 11.6 Å². The summed E-state index contributed by atoms with van der Waals surface area (Å²) in [7, 11) is -4.07. The Hall–Kier alpha value is -3.74. The van der Waals surface area contributed by atoms with Crippen molar-refractivity contribution in [3.8, 4) is 17.3 Å². The monoisotopic (exact) mass is 542 g/mol. The van der Waals surface area contributed by atoms with Crippen LogP contribution in [0.4, 0.5) is 5.69 Å². The Morgan fingerprint density at radius 1 is 1.16 bits per heavy atom. The van der Waals surface area contributed by atoms with Gasteiger partial charge in [0.25, 0.3) is 0 Å². The Bertz CT molecular complexity index is 1430. The van der Waals surface area contributed by atoms with Gasteiger partial charge in [-0.05, 0) is 43.7 Å². The fourth-order valence-electron chi connectivity index (χ4n) is 3.90. The lowest BCUT2D eigenvalue weighted by atomic mass is 10.1.